The summed E-state index contributed by atoms with van der Waals surface area (Å²) in [6.07, 6.45) is 5.41. The second kappa shape index (κ2) is 5.05. The van der Waals surface area contributed by atoms with E-state index >= 15 is 0 Å². The van der Waals surface area contributed by atoms with Crippen molar-refractivity contribution in [1.29, 1.82) is 0 Å². The number of ether oxygens (including phenoxy) is 1. The molecule has 16 heavy (non-hydrogen) atoms. The molecular formula is C14H19NO. The van der Waals surface area contributed by atoms with Crippen LogP contribution in [0.5, 0.6) is 5.75 Å². The van der Waals surface area contributed by atoms with Crippen LogP contribution in [0, 0.1) is 19.3 Å². The Hall–Kier alpha value is -1.46. The summed E-state index contributed by atoms with van der Waals surface area (Å²) in [4.78, 5) is 0. The van der Waals surface area contributed by atoms with Crippen molar-refractivity contribution in [3.63, 3.8) is 0 Å². The van der Waals surface area contributed by atoms with Crippen molar-refractivity contribution in [1.82, 2.24) is 5.32 Å². The number of nitrogens with one attached hydrogen (secondary N) is 1. The van der Waals surface area contributed by atoms with Gasteiger partial charge in [-0.05, 0) is 38.0 Å². The van der Waals surface area contributed by atoms with Gasteiger partial charge in [-0.1, -0.05) is 18.1 Å². The number of aryl methyl sites for hydroxylation is 1. The van der Waals surface area contributed by atoms with Crippen molar-refractivity contribution in [3.8, 4) is 18.1 Å². The molecule has 0 saturated carbocycles. The zero-order valence-corrected chi connectivity index (χ0v) is 10.4. The van der Waals surface area contributed by atoms with Gasteiger partial charge in [0.15, 0.2) is 0 Å². The smallest absolute Gasteiger partial charge is 0.121 e. The van der Waals surface area contributed by atoms with Gasteiger partial charge in [0.25, 0.3) is 0 Å². The fraction of sp³-hybridized carbons (Fsp3) is 0.429. The van der Waals surface area contributed by atoms with Crippen LogP contribution in [0.15, 0.2) is 18.2 Å². The van der Waals surface area contributed by atoms with E-state index in [4.69, 9.17) is 11.2 Å². The van der Waals surface area contributed by atoms with Gasteiger partial charge in [0.1, 0.15) is 5.75 Å². The lowest BCUT2D eigenvalue weighted by molar-refractivity contribution is 0.411. The predicted molar refractivity (Wildman–Crippen MR) is 67.5 cm³/mol. The van der Waals surface area contributed by atoms with E-state index in [9.17, 15) is 0 Å². The van der Waals surface area contributed by atoms with Gasteiger partial charge >= 0.3 is 0 Å². The van der Waals surface area contributed by atoms with E-state index in [2.05, 4.69) is 17.3 Å². The van der Waals surface area contributed by atoms with Crippen molar-refractivity contribution in [2.75, 3.05) is 7.11 Å². The zero-order valence-electron chi connectivity index (χ0n) is 10.4. The molecule has 0 aliphatic rings. The third-order valence-corrected chi connectivity index (χ3v) is 2.55. The highest BCUT2D eigenvalue weighted by molar-refractivity contribution is 5.36. The average molecular weight is 217 g/mol. The molecule has 2 nitrogen and oxygen atoms in total. The van der Waals surface area contributed by atoms with Gasteiger partial charge in [-0.3, -0.25) is 5.32 Å². The molecule has 0 saturated heterocycles. The quantitative estimate of drug-likeness (QED) is 0.782. The van der Waals surface area contributed by atoms with Crippen molar-refractivity contribution < 1.29 is 4.74 Å². The first-order chi connectivity index (χ1) is 7.48. The molecule has 0 spiro atoms. The second-order valence-electron chi connectivity index (χ2n) is 4.43. The Balaban J connectivity index is 2.70. The number of hydrogen-bond acceptors (Lipinski definition) is 2. The van der Waals surface area contributed by atoms with Gasteiger partial charge in [-0.2, -0.15) is 0 Å². The lowest BCUT2D eigenvalue weighted by atomic mass is 10.1. The maximum Gasteiger partial charge on any atom is 0.121 e. The number of terminal acetylenes is 1. The highest BCUT2D eigenvalue weighted by atomic mass is 16.5. The second-order valence-corrected chi connectivity index (χ2v) is 4.43. The highest BCUT2D eigenvalue weighted by Crippen LogP contribution is 2.18. The Bertz CT molecular complexity index is 402. The fourth-order valence-corrected chi connectivity index (χ4v) is 1.42. The predicted octanol–water partition coefficient (Wildman–Crippen LogP) is 2.51. The molecule has 0 atom stereocenters. The third-order valence-electron chi connectivity index (χ3n) is 2.55. The van der Waals surface area contributed by atoms with Crippen LogP contribution in [-0.4, -0.2) is 12.6 Å². The van der Waals surface area contributed by atoms with Crippen molar-refractivity contribution in [2.24, 2.45) is 0 Å². The van der Waals surface area contributed by atoms with Crippen molar-refractivity contribution in [2.45, 2.75) is 32.9 Å². The molecule has 0 amide bonds. The summed E-state index contributed by atoms with van der Waals surface area (Å²) < 4.78 is 5.21. The molecule has 1 N–H and O–H groups in total. The summed E-state index contributed by atoms with van der Waals surface area (Å²) in [6, 6.07) is 6.14. The summed E-state index contributed by atoms with van der Waals surface area (Å²) in [5.41, 5.74) is 2.08. The van der Waals surface area contributed by atoms with Crippen LogP contribution in [0.2, 0.25) is 0 Å². The standard InChI is InChI=1S/C14H19NO/c1-6-14(3,4)15-10-12-7-8-13(16-5)11(2)9-12/h1,7-9,15H,10H2,2-5H3. The largest absolute Gasteiger partial charge is 0.496 e. The van der Waals surface area contributed by atoms with Crippen LogP contribution in [0.1, 0.15) is 25.0 Å². The Morgan fingerprint density at radius 1 is 1.44 bits per heavy atom. The molecule has 0 aromatic heterocycles. The number of rotatable bonds is 4. The van der Waals surface area contributed by atoms with Crippen LogP contribution in [0.3, 0.4) is 0 Å². The van der Waals surface area contributed by atoms with Crippen LogP contribution in [-0.2, 0) is 6.54 Å². The summed E-state index contributed by atoms with van der Waals surface area (Å²) in [5, 5.41) is 3.31. The third kappa shape index (κ3) is 3.29. The minimum atomic E-state index is -0.270. The number of benzene rings is 1. The van der Waals surface area contributed by atoms with Crippen LogP contribution < -0.4 is 10.1 Å². The molecule has 1 aromatic carbocycles. The van der Waals surface area contributed by atoms with E-state index in [1.807, 2.05) is 32.9 Å². The van der Waals surface area contributed by atoms with Crippen molar-refractivity contribution in [3.05, 3.63) is 29.3 Å². The monoisotopic (exact) mass is 217 g/mol. The Morgan fingerprint density at radius 2 is 2.12 bits per heavy atom. The average Bonchev–Trinajstić information content (AvgIpc) is 2.27. The topological polar surface area (TPSA) is 21.3 Å². The Morgan fingerprint density at radius 3 is 2.62 bits per heavy atom. The van der Waals surface area contributed by atoms with E-state index in [-0.39, 0.29) is 5.54 Å². The molecule has 0 aliphatic heterocycles. The van der Waals surface area contributed by atoms with Gasteiger partial charge in [0.2, 0.25) is 0 Å². The summed E-state index contributed by atoms with van der Waals surface area (Å²) in [6.45, 7) is 6.78. The zero-order chi connectivity index (χ0) is 12.2. The Kier molecular flexibility index (Phi) is 3.98. The Labute approximate surface area is 98.0 Å². The first-order valence-electron chi connectivity index (χ1n) is 5.35. The minimum Gasteiger partial charge on any atom is -0.496 e. The number of methoxy groups -OCH3 is 1. The molecule has 0 aliphatic carbocycles. The molecular weight excluding hydrogens is 198 g/mol. The first-order valence-corrected chi connectivity index (χ1v) is 5.35. The maximum atomic E-state index is 5.41. The SMILES string of the molecule is C#CC(C)(C)NCc1ccc(OC)c(C)c1. The molecule has 0 fully saturated rings. The van der Waals surface area contributed by atoms with Gasteiger partial charge in [-0.25, -0.2) is 0 Å². The first kappa shape index (κ1) is 12.6. The normalized spacial score (nSPS) is 10.9. The molecule has 0 unspecified atom stereocenters. The minimum absolute atomic E-state index is 0.270. The highest BCUT2D eigenvalue weighted by Gasteiger charge is 2.12. The van der Waals surface area contributed by atoms with Gasteiger partial charge < -0.3 is 4.74 Å². The summed E-state index contributed by atoms with van der Waals surface area (Å²) >= 11 is 0. The molecule has 1 rings (SSSR count). The van der Waals surface area contributed by atoms with Gasteiger partial charge in [0, 0.05) is 6.54 Å². The summed E-state index contributed by atoms with van der Waals surface area (Å²) in [7, 11) is 1.68. The number of hydrogen-bond donors (Lipinski definition) is 1. The van der Waals surface area contributed by atoms with Crippen molar-refractivity contribution >= 4 is 0 Å². The maximum absolute atomic E-state index is 5.41. The fourth-order valence-electron chi connectivity index (χ4n) is 1.42. The molecule has 1 aromatic rings. The van der Waals surface area contributed by atoms with Crippen LogP contribution in [0.4, 0.5) is 0 Å². The van der Waals surface area contributed by atoms with E-state index in [1.165, 1.54) is 5.56 Å². The lowest BCUT2D eigenvalue weighted by Crippen LogP contribution is -2.36. The lowest BCUT2D eigenvalue weighted by Gasteiger charge is -2.19. The molecule has 0 heterocycles. The van der Waals surface area contributed by atoms with E-state index < -0.39 is 0 Å². The van der Waals surface area contributed by atoms with E-state index in [0.29, 0.717) is 0 Å². The van der Waals surface area contributed by atoms with Crippen LogP contribution >= 0.6 is 0 Å². The van der Waals surface area contributed by atoms with Gasteiger partial charge in [-0.15, -0.1) is 6.42 Å². The van der Waals surface area contributed by atoms with E-state index in [0.717, 1.165) is 17.9 Å². The molecule has 86 valence electrons. The van der Waals surface area contributed by atoms with Crippen LogP contribution in [0.25, 0.3) is 0 Å². The molecule has 0 bridgehead atoms. The molecule has 0 radical (unpaired) electrons. The molecule has 2 heteroatoms. The summed E-state index contributed by atoms with van der Waals surface area (Å²) in [5.74, 6) is 3.63. The van der Waals surface area contributed by atoms with E-state index in [1.54, 1.807) is 7.11 Å². The van der Waals surface area contributed by atoms with Gasteiger partial charge in [0.05, 0.1) is 12.6 Å².